The fraction of sp³-hybridized carbons (Fsp3) is 0.441. The van der Waals surface area contributed by atoms with Crippen molar-refractivity contribution in [2.75, 3.05) is 32.7 Å². The lowest BCUT2D eigenvalue weighted by Crippen LogP contribution is -2.35. The van der Waals surface area contributed by atoms with E-state index in [2.05, 4.69) is 30.3 Å². The smallest absolute Gasteiger partial charge is 0.407 e. The summed E-state index contributed by atoms with van der Waals surface area (Å²) in [6.45, 7) is 4.79. The predicted molar refractivity (Wildman–Crippen MR) is 175 cm³/mol. The number of esters is 1. The number of alkyl carbamates (subject to hydrolysis) is 1. The molecule has 0 saturated carbocycles. The summed E-state index contributed by atoms with van der Waals surface area (Å²) in [6, 6.07) is 15.6. The summed E-state index contributed by atoms with van der Waals surface area (Å²) in [5, 5.41) is 5.99. The van der Waals surface area contributed by atoms with Gasteiger partial charge in [0.1, 0.15) is 49.4 Å². The lowest BCUT2D eigenvalue weighted by molar-refractivity contribution is -0.199. The topological polar surface area (TPSA) is 166 Å². The molecular formula is C34H40N6O9. The largest absolute Gasteiger partial charge is 0.497 e. The van der Waals surface area contributed by atoms with Crippen LogP contribution in [-0.4, -0.2) is 83.1 Å². The predicted octanol–water partition coefficient (Wildman–Crippen LogP) is 4.12. The Morgan fingerprint density at radius 2 is 1.67 bits per heavy atom. The van der Waals surface area contributed by atoms with Gasteiger partial charge in [-0.1, -0.05) is 24.3 Å². The van der Waals surface area contributed by atoms with Gasteiger partial charge in [-0.3, -0.25) is 9.36 Å². The van der Waals surface area contributed by atoms with Crippen LogP contribution < -0.4 is 20.1 Å². The molecule has 0 aliphatic carbocycles. The van der Waals surface area contributed by atoms with E-state index in [4.69, 9.17) is 28.4 Å². The molecule has 2 aromatic heterocycles. The van der Waals surface area contributed by atoms with Crippen molar-refractivity contribution in [3.63, 3.8) is 0 Å². The maximum Gasteiger partial charge on any atom is 0.407 e. The highest BCUT2D eigenvalue weighted by Crippen LogP contribution is 2.44. The van der Waals surface area contributed by atoms with E-state index in [1.807, 2.05) is 62.4 Å². The molecule has 4 aromatic rings. The number of ether oxygens (including phenoxy) is 7. The molecular weight excluding hydrogens is 636 g/mol. The van der Waals surface area contributed by atoms with Gasteiger partial charge in [-0.05, 0) is 55.7 Å². The van der Waals surface area contributed by atoms with Crippen molar-refractivity contribution in [3.05, 3.63) is 72.3 Å². The standard InChI is InChI=1S/C34H40N6O9/c1-34(2)48-28-25(18-46-33(42)35-15-5-6-26(41)44-4)47-32(29(28)49-34)40-20-39-27-30(37-19-38-31(27)40)36-16-21-7-13-24(14-8-21)45-17-22-9-11-23(43-3)12-10-22/h7-14,19-20,25,28-29,32H,5-6,15-18H2,1-4H3,(H,35,42)(H,36,37,38). The van der Waals surface area contributed by atoms with Gasteiger partial charge in [0, 0.05) is 19.5 Å². The first-order chi connectivity index (χ1) is 23.7. The van der Waals surface area contributed by atoms with Crippen LogP contribution in [0.2, 0.25) is 0 Å². The van der Waals surface area contributed by atoms with E-state index in [1.54, 1.807) is 18.0 Å². The van der Waals surface area contributed by atoms with Crippen molar-refractivity contribution in [2.24, 2.45) is 0 Å². The highest BCUT2D eigenvalue weighted by atomic mass is 16.8. The summed E-state index contributed by atoms with van der Waals surface area (Å²) >= 11 is 0. The van der Waals surface area contributed by atoms with Gasteiger partial charge in [-0.15, -0.1) is 0 Å². The van der Waals surface area contributed by atoms with Crippen LogP contribution >= 0.6 is 0 Å². The Bertz CT molecular complexity index is 1730. The number of carbonyl (C=O) groups is 2. The minimum Gasteiger partial charge on any atom is -0.497 e. The summed E-state index contributed by atoms with van der Waals surface area (Å²) < 4.78 is 41.7. The van der Waals surface area contributed by atoms with Crippen molar-refractivity contribution in [2.45, 2.75) is 70.2 Å². The highest BCUT2D eigenvalue weighted by Gasteiger charge is 2.56. The number of rotatable bonds is 14. The Hall–Kier alpha value is -4.99. The molecule has 4 heterocycles. The number of anilines is 1. The monoisotopic (exact) mass is 676 g/mol. The average Bonchev–Trinajstić information content (AvgIpc) is 3.78. The number of benzene rings is 2. The van der Waals surface area contributed by atoms with Gasteiger partial charge < -0.3 is 43.8 Å². The molecule has 2 saturated heterocycles. The lowest BCUT2D eigenvalue weighted by Gasteiger charge is -2.24. The Morgan fingerprint density at radius 1 is 0.939 bits per heavy atom. The van der Waals surface area contributed by atoms with E-state index < -0.39 is 36.4 Å². The van der Waals surface area contributed by atoms with Crippen molar-refractivity contribution < 1.29 is 42.7 Å². The molecule has 4 atom stereocenters. The number of nitrogens with zero attached hydrogens (tertiary/aromatic N) is 4. The Morgan fingerprint density at radius 3 is 2.43 bits per heavy atom. The molecule has 1 amide bonds. The van der Waals surface area contributed by atoms with Gasteiger partial charge in [0.2, 0.25) is 0 Å². The molecule has 6 rings (SSSR count). The van der Waals surface area contributed by atoms with Crippen molar-refractivity contribution in [1.82, 2.24) is 24.8 Å². The summed E-state index contributed by atoms with van der Waals surface area (Å²) in [6.07, 6.45) is 0.813. The third kappa shape index (κ3) is 8.18. The normalized spacial score (nSPS) is 20.8. The Kier molecular flexibility index (Phi) is 10.4. The van der Waals surface area contributed by atoms with E-state index in [9.17, 15) is 9.59 Å². The zero-order chi connectivity index (χ0) is 34.4. The average molecular weight is 677 g/mol. The van der Waals surface area contributed by atoms with Crippen LogP contribution in [0.1, 0.15) is 44.0 Å². The number of aromatic nitrogens is 4. The van der Waals surface area contributed by atoms with E-state index >= 15 is 0 Å². The quantitative estimate of drug-likeness (QED) is 0.145. The van der Waals surface area contributed by atoms with Crippen molar-refractivity contribution >= 4 is 29.0 Å². The number of hydrogen-bond donors (Lipinski definition) is 2. The summed E-state index contributed by atoms with van der Waals surface area (Å²) in [7, 11) is 2.96. The molecule has 0 radical (unpaired) electrons. The molecule has 2 aromatic carbocycles. The molecule has 2 aliphatic heterocycles. The molecule has 2 N–H and O–H groups in total. The summed E-state index contributed by atoms with van der Waals surface area (Å²) in [5.74, 6) is 0.912. The molecule has 0 bridgehead atoms. The van der Waals surface area contributed by atoms with Gasteiger partial charge >= 0.3 is 12.1 Å². The maximum atomic E-state index is 12.3. The molecule has 49 heavy (non-hydrogen) atoms. The highest BCUT2D eigenvalue weighted by molar-refractivity contribution is 5.82. The first-order valence-electron chi connectivity index (χ1n) is 16.0. The van der Waals surface area contributed by atoms with Gasteiger partial charge in [0.15, 0.2) is 29.0 Å². The fourth-order valence-corrected chi connectivity index (χ4v) is 5.70. The number of hydrogen-bond acceptors (Lipinski definition) is 13. The van der Waals surface area contributed by atoms with E-state index in [0.29, 0.717) is 36.6 Å². The molecule has 2 aliphatic rings. The van der Waals surface area contributed by atoms with Crippen LogP contribution in [0.5, 0.6) is 11.5 Å². The number of imidazole rings is 1. The maximum absolute atomic E-state index is 12.3. The second kappa shape index (κ2) is 15.1. The molecule has 15 heteroatoms. The zero-order valence-corrected chi connectivity index (χ0v) is 27.8. The Balaban J connectivity index is 1.06. The van der Waals surface area contributed by atoms with Gasteiger partial charge in [-0.2, -0.15) is 0 Å². The molecule has 0 spiro atoms. The summed E-state index contributed by atoms with van der Waals surface area (Å²) in [5.41, 5.74) is 3.18. The second-order valence-corrected chi connectivity index (χ2v) is 12.0. The second-order valence-electron chi connectivity index (χ2n) is 12.0. The van der Waals surface area contributed by atoms with Gasteiger partial charge in [-0.25, -0.2) is 19.7 Å². The molecule has 260 valence electrons. The van der Waals surface area contributed by atoms with Crippen LogP contribution in [0.4, 0.5) is 10.6 Å². The number of fused-ring (bicyclic) bond motifs is 2. The van der Waals surface area contributed by atoms with Gasteiger partial charge in [0.25, 0.3) is 0 Å². The third-order valence-corrected chi connectivity index (χ3v) is 8.14. The zero-order valence-electron chi connectivity index (χ0n) is 27.8. The van der Waals surface area contributed by atoms with E-state index in [0.717, 1.165) is 22.6 Å². The fourth-order valence-electron chi connectivity index (χ4n) is 5.70. The van der Waals surface area contributed by atoms with Crippen LogP contribution in [0.3, 0.4) is 0 Å². The van der Waals surface area contributed by atoms with E-state index in [1.165, 1.54) is 13.4 Å². The van der Waals surface area contributed by atoms with Crippen LogP contribution in [-0.2, 0) is 41.6 Å². The lowest BCUT2D eigenvalue weighted by atomic mass is 10.1. The molecule has 2 fully saturated rings. The van der Waals surface area contributed by atoms with Crippen LogP contribution in [0.15, 0.2) is 61.2 Å². The molecule has 4 unspecified atom stereocenters. The summed E-state index contributed by atoms with van der Waals surface area (Å²) in [4.78, 5) is 37.1. The first-order valence-corrected chi connectivity index (χ1v) is 16.0. The first kappa shape index (κ1) is 33.9. The van der Waals surface area contributed by atoms with E-state index in [-0.39, 0.29) is 25.5 Å². The Labute approximate surface area is 283 Å². The molecule has 15 nitrogen and oxygen atoms in total. The number of methoxy groups -OCH3 is 2. The minimum absolute atomic E-state index is 0.0698. The van der Waals surface area contributed by atoms with Crippen LogP contribution in [0, 0.1) is 0 Å². The minimum atomic E-state index is -0.875. The number of carbonyl (C=O) groups excluding carboxylic acids is 2. The number of amides is 1. The van der Waals surface area contributed by atoms with Gasteiger partial charge in [0.05, 0.1) is 20.5 Å². The SMILES string of the molecule is COC(=O)CCCNC(=O)OCC1OC(n2cnc3c(NCc4ccc(OCc5ccc(OC)cc5)cc4)ncnc32)C2OC(C)(C)OC12. The number of nitrogens with one attached hydrogen (secondary N) is 2. The van der Waals surface area contributed by atoms with Crippen molar-refractivity contribution in [1.29, 1.82) is 0 Å². The van der Waals surface area contributed by atoms with Crippen LogP contribution in [0.25, 0.3) is 11.2 Å². The third-order valence-electron chi connectivity index (χ3n) is 8.14. The van der Waals surface area contributed by atoms with Crippen molar-refractivity contribution in [3.8, 4) is 11.5 Å².